The van der Waals surface area contributed by atoms with Crippen molar-refractivity contribution in [2.45, 2.75) is 31.2 Å². The predicted molar refractivity (Wildman–Crippen MR) is 73.8 cm³/mol. The molecule has 0 aromatic heterocycles. The summed E-state index contributed by atoms with van der Waals surface area (Å²) in [6, 6.07) is 3.07. The summed E-state index contributed by atoms with van der Waals surface area (Å²) in [6.07, 6.45) is -3.86. The summed E-state index contributed by atoms with van der Waals surface area (Å²) in [5, 5.41) is -0.469. The highest BCUT2D eigenvalue weighted by Crippen LogP contribution is 2.49. The van der Waals surface area contributed by atoms with Crippen molar-refractivity contribution in [1.29, 1.82) is 0 Å². The van der Waals surface area contributed by atoms with Crippen LogP contribution in [0.2, 0.25) is 5.02 Å². The van der Waals surface area contributed by atoms with Gasteiger partial charge < -0.3 is 4.74 Å². The first kappa shape index (κ1) is 15.0. The maximum Gasteiger partial charge on any atom is 0.417 e. The van der Waals surface area contributed by atoms with Crippen molar-refractivity contribution in [3.8, 4) is 0 Å². The number of fused-ring (bicyclic) bond motifs is 5. The van der Waals surface area contributed by atoms with E-state index < -0.39 is 40.4 Å². The van der Waals surface area contributed by atoms with Gasteiger partial charge in [-0.15, -0.1) is 0 Å². The Bertz CT molecular complexity index is 692. The molecule has 23 heavy (non-hydrogen) atoms. The first-order valence-electron chi connectivity index (χ1n) is 7.19. The molecule has 0 spiro atoms. The molecule has 3 aliphatic rings. The smallest absolute Gasteiger partial charge is 0.373 e. The molecule has 8 heteroatoms. The number of nitrogens with zero attached hydrogens (tertiary/aromatic N) is 1. The Morgan fingerprint density at radius 1 is 1.09 bits per heavy atom. The number of rotatable bonds is 1. The molecule has 0 saturated carbocycles. The zero-order valence-corrected chi connectivity index (χ0v) is 12.4. The van der Waals surface area contributed by atoms with Gasteiger partial charge in [0.1, 0.15) is 0 Å². The Labute approximate surface area is 134 Å². The van der Waals surface area contributed by atoms with Crippen molar-refractivity contribution >= 4 is 29.1 Å². The summed E-state index contributed by atoms with van der Waals surface area (Å²) in [5.74, 6) is -2.12. The minimum Gasteiger partial charge on any atom is -0.373 e. The van der Waals surface area contributed by atoms with Gasteiger partial charge in [0.2, 0.25) is 11.8 Å². The SMILES string of the molecule is O=C1C2C3CCC(O3)C2C(=O)N1c1ccc(Cl)c(C(F)(F)F)c1. The van der Waals surface area contributed by atoms with Gasteiger partial charge in [0.05, 0.1) is 40.3 Å². The number of alkyl halides is 3. The van der Waals surface area contributed by atoms with Gasteiger partial charge in [-0.1, -0.05) is 11.6 Å². The third kappa shape index (κ3) is 2.03. The third-order valence-electron chi connectivity index (χ3n) is 4.80. The van der Waals surface area contributed by atoms with Crippen LogP contribution in [-0.2, 0) is 20.5 Å². The van der Waals surface area contributed by atoms with Gasteiger partial charge in [-0.3, -0.25) is 9.59 Å². The molecule has 3 saturated heterocycles. The minimum absolute atomic E-state index is 0.0921. The summed E-state index contributed by atoms with van der Waals surface area (Å²) in [4.78, 5) is 25.9. The van der Waals surface area contributed by atoms with Crippen LogP contribution in [0.15, 0.2) is 18.2 Å². The van der Waals surface area contributed by atoms with E-state index in [-0.39, 0.29) is 17.9 Å². The summed E-state index contributed by atoms with van der Waals surface area (Å²) in [7, 11) is 0. The Hall–Kier alpha value is -1.60. The fourth-order valence-electron chi connectivity index (χ4n) is 3.84. The van der Waals surface area contributed by atoms with Crippen molar-refractivity contribution in [2.75, 3.05) is 4.90 Å². The molecule has 3 aliphatic heterocycles. The van der Waals surface area contributed by atoms with E-state index in [0.29, 0.717) is 12.8 Å². The molecule has 0 radical (unpaired) electrons. The van der Waals surface area contributed by atoms with Crippen LogP contribution < -0.4 is 4.90 Å². The lowest BCUT2D eigenvalue weighted by Crippen LogP contribution is -2.34. The summed E-state index contributed by atoms with van der Waals surface area (Å²) < 4.78 is 44.5. The highest BCUT2D eigenvalue weighted by molar-refractivity contribution is 6.31. The second-order valence-electron chi connectivity index (χ2n) is 6.02. The molecule has 3 heterocycles. The molecule has 2 bridgehead atoms. The molecular weight excluding hydrogens is 335 g/mol. The van der Waals surface area contributed by atoms with E-state index in [2.05, 4.69) is 0 Å². The number of hydrogen-bond acceptors (Lipinski definition) is 3. The largest absolute Gasteiger partial charge is 0.417 e. The molecule has 0 N–H and O–H groups in total. The molecule has 3 fully saturated rings. The van der Waals surface area contributed by atoms with Gasteiger partial charge >= 0.3 is 6.18 Å². The van der Waals surface area contributed by atoms with Crippen molar-refractivity contribution < 1.29 is 27.5 Å². The van der Waals surface area contributed by atoms with E-state index in [4.69, 9.17) is 16.3 Å². The minimum atomic E-state index is -4.66. The fourth-order valence-corrected chi connectivity index (χ4v) is 4.06. The molecule has 4 rings (SSSR count). The monoisotopic (exact) mass is 345 g/mol. The number of benzene rings is 1. The van der Waals surface area contributed by atoms with Crippen LogP contribution in [0, 0.1) is 11.8 Å². The first-order valence-corrected chi connectivity index (χ1v) is 7.57. The van der Waals surface area contributed by atoms with Crippen LogP contribution in [0.3, 0.4) is 0 Å². The molecule has 122 valence electrons. The van der Waals surface area contributed by atoms with E-state index >= 15 is 0 Å². The lowest BCUT2D eigenvalue weighted by molar-refractivity contribution is -0.137. The van der Waals surface area contributed by atoms with Crippen LogP contribution in [0.4, 0.5) is 18.9 Å². The summed E-state index contributed by atoms with van der Waals surface area (Å²) in [5.41, 5.74) is -1.15. The second kappa shape index (κ2) is 4.70. The zero-order chi connectivity index (χ0) is 16.5. The van der Waals surface area contributed by atoms with Crippen LogP contribution in [0.5, 0.6) is 0 Å². The van der Waals surface area contributed by atoms with Crippen molar-refractivity contribution in [3.63, 3.8) is 0 Å². The molecule has 2 amide bonds. The van der Waals surface area contributed by atoms with E-state index in [1.54, 1.807) is 0 Å². The molecule has 4 atom stereocenters. The molecule has 1 aromatic rings. The lowest BCUT2D eigenvalue weighted by Gasteiger charge is -2.19. The van der Waals surface area contributed by atoms with Crippen molar-refractivity contribution in [3.05, 3.63) is 28.8 Å². The average Bonchev–Trinajstić information content (AvgIpc) is 3.13. The Morgan fingerprint density at radius 2 is 1.65 bits per heavy atom. The number of amides is 2. The topological polar surface area (TPSA) is 46.6 Å². The number of carbonyl (C=O) groups excluding carboxylic acids is 2. The van der Waals surface area contributed by atoms with E-state index in [1.807, 2.05) is 0 Å². The van der Waals surface area contributed by atoms with Gasteiger partial charge in [0.15, 0.2) is 0 Å². The van der Waals surface area contributed by atoms with Crippen LogP contribution in [0.25, 0.3) is 0 Å². The molecule has 1 aromatic carbocycles. The van der Waals surface area contributed by atoms with Crippen LogP contribution in [0.1, 0.15) is 18.4 Å². The number of hydrogen-bond donors (Lipinski definition) is 0. The number of halogens is 4. The second-order valence-corrected chi connectivity index (χ2v) is 6.42. The van der Waals surface area contributed by atoms with Crippen molar-refractivity contribution in [1.82, 2.24) is 0 Å². The van der Waals surface area contributed by atoms with E-state index in [1.165, 1.54) is 6.07 Å². The van der Waals surface area contributed by atoms with E-state index in [9.17, 15) is 22.8 Å². The van der Waals surface area contributed by atoms with Gasteiger partial charge in [0.25, 0.3) is 0 Å². The number of anilines is 1. The molecule has 4 unspecified atom stereocenters. The zero-order valence-electron chi connectivity index (χ0n) is 11.6. The van der Waals surface area contributed by atoms with Gasteiger partial charge in [-0.2, -0.15) is 13.2 Å². The normalized spacial score (nSPS) is 32.8. The Kier molecular flexibility index (Phi) is 3.06. The predicted octanol–water partition coefficient (Wildman–Crippen LogP) is 3.03. The van der Waals surface area contributed by atoms with Gasteiger partial charge in [-0.05, 0) is 31.0 Å². The van der Waals surface area contributed by atoms with Crippen LogP contribution in [-0.4, -0.2) is 24.0 Å². The molecular formula is C15H11ClF3NO3. The summed E-state index contributed by atoms with van der Waals surface area (Å²) >= 11 is 5.58. The Balaban J connectivity index is 1.74. The number of imide groups is 1. The van der Waals surface area contributed by atoms with Gasteiger partial charge in [0, 0.05) is 0 Å². The maximum atomic E-state index is 13.0. The standard InChI is InChI=1S/C15H11ClF3NO3/c16-8-2-1-6(5-7(8)15(17,18)19)20-13(21)11-9-3-4-10(23-9)12(11)14(20)22/h1-2,5,9-12H,3-4H2. The quantitative estimate of drug-likeness (QED) is 0.735. The number of ether oxygens (including phenoxy) is 1. The van der Waals surface area contributed by atoms with Crippen LogP contribution >= 0.6 is 11.6 Å². The van der Waals surface area contributed by atoms with E-state index in [0.717, 1.165) is 17.0 Å². The molecule has 4 nitrogen and oxygen atoms in total. The molecule has 0 aliphatic carbocycles. The fraction of sp³-hybridized carbons (Fsp3) is 0.467. The van der Waals surface area contributed by atoms with Gasteiger partial charge in [-0.25, -0.2) is 4.90 Å². The highest BCUT2D eigenvalue weighted by Gasteiger charge is 2.62. The lowest BCUT2D eigenvalue weighted by atomic mass is 9.81. The highest BCUT2D eigenvalue weighted by atomic mass is 35.5. The summed E-state index contributed by atoms with van der Waals surface area (Å²) in [6.45, 7) is 0. The average molecular weight is 346 g/mol. The first-order chi connectivity index (χ1) is 10.8. The Morgan fingerprint density at radius 3 is 2.17 bits per heavy atom. The maximum absolute atomic E-state index is 13.0. The third-order valence-corrected chi connectivity index (χ3v) is 5.13. The van der Waals surface area contributed by atoms with Crippen molar-refractivity contribution in [2.24, 2.45) is 11.8 Å². The number of carbonyl (C=O) groups is 2.